The van der Waals surface area contributed by atoms with Crippen molar-refractivity contribution >= 4 is 39.9 Å². The number of alkyl halides is 3. The van der Waals surface area contributed by atoms with Crippen LogP contribution in [0.1, 0.15) is 52.0 Å². The van der Waals surface area contributed by atoms with Gasteiger partial charge in [0.05, 0.1) is 5.56 Å². The Morgan fingerprint density at radius 1 is 0.795 bits per heavy atom. The molecule has 1 N–H and O–H groups in total. The Balaban J connectivity index is 1.31. The summed E-state index contributed by atoms with van der Waals surface area (Å²) in [5, 5.41) is 10.2. The van der Waals surface area contributed by atoms with E-state index in [1.54, 1.807) is 12.1 Å². The number of imide groups is 1. The second-order valence-electron chi connectivity index (χ2n) is 9.85. The molecule has 1 saturated heterocycles. The molecule has 7 nitrogen and oxygen atoms in total. The number of hydrogen-bond donors (Lipinski definition) is 1. The van der Waals surface area contributed by atoms with Gasteiger partial charge >= 0.3 is 12.1 Å². The molecule has 0 spiro atoms. The molecule has 0 bridgehead atoms. The number of nitrogens with zero attached hydrogens (tertiary/aromatic N) is 3. The molecule has 0 saturated carbocycles. The van der Waals surface area contributed by atoms with Crippen LogP contribution >= 0.6 is 0 Å². The molecular formula is C29H28F3N3O4. The molecule has 10 heteroatoms. The first kappa shape index (κ1) is 26.5. The maximum absolute atomic E-state index is 13.3. The lowest BCUT2D eigenvalue weighted by Gasteiger charge is -2.38. The van der Waals surface area contributed by atoms with Crippen molar-refractivity contribution in [3.8, 4) is 0 Å². The smallest absolute Gasteiger partial charge is 0.416 e. The second kappa shape index (κ2) is 10.6. The highest BCUT2D eigenvalue weighted by Crippen LogP contribution is 2.37. The van der Waals surface area contributed by atoms with Crippen molar-refractivity contribution in [3.63, 3.8) is 0 Å². The highest BCUT2D eigenvalue weighted by atomic mass is 19.4. The van der Waals surface area contributed by atoms with Gasteiger partial charge in [0.1, 0.15) is 0 Å². The molecule has 3 aromatic carbocycles. The van der Waals surface area contributed by atoms with E-state index in [-0.39, 0.29) is 24.8 Å². The van der Waals surface area contributed by atoms with Gasteiger partial charge in [0.25, 0.3) is 11.8 Å². The summed E-state index contributed by atoms with van der Waals surface area (Å²) in [5.74, 6) is -1.56. The molecule has 0 aliphatic carbocycles. The van der Waals surface area contributed by atoms with E-state index < -0.39 is 17.7 Å². The number of carboxylic acid groups (broad SMARTS) is 1. The molecule has 39 heavy (non-hydrogen) atoms. The first-order chi connectivity index (χ1) is 18.6. The van der Waals surface area contributed by atoms with Gasteiger partial charge in [-0.05, 0) is 55.3 Å². The van der Waals surface area contributed by atoms with Gasteiger partial charge in [-0.3, -0.25) is 19.3 Å². The molecule has 2 aliphatic heterocycles. The third kappa shape index (κ3) is 5.28. The van der Waals surface area contributed by atoms with Crippen LogP contribution in [0.2, 0.25) is 0 Å². The minimum atomic E-state index is -4.37. The number of hydrogen-bond acceptors (Lipinski definition) is 5. The third-order valence-electron chi connectivity index (χ3n) is 7.42. The lowest BCUT2D eigenvalue weighted by atomic mass is 9.92. The SMILES string of the molecule is O=C(O)CCCCCN1C(=O)c2cccc3c(N4CCN(c5ccc(C(F)(F)F)cc5)CC4)ccc(c23)C1=O. The Kier molecular flexibility index (Phi) is 7.20. The van der Waals surface area contributed by atoms with Crippen molar-refractivity contribution in [2.24, 2.45) is 0 Å². The monoisotopic (exact) mass is 539 g/mol. The van der Waals surface area contributed by atoms with Crippen molar-refractivity contribution in [2.75, 3.05) is 42.5 Å². The number of amides is 2. The zero-order chi connectivity index (χ0) is 27.7. The summed E-state index contributed by atoms with van der Waals surface area (Å²) in [4.78, 5) is 42.7. The predicted octanol–water partition coefficient (Wildman–Crippen LogP) is 5.43. The Labute approximate surface area is 223 Å². The van der Waals surface area contributed by atoms with Gasteiger partial charge in [0, 0.05) is 72.4 Å². The summed E-state index contributed by atoms with van der Waals surface area (Å²) in [5.41, 5.74) is 1.91. The molecule has 0 radical (unpaired) electrons. The first-order valence-corrected chi connectivity index (χ1v) is 13.0. The van der Waals surface area contributed by atoms with Crippen molar-refractivity contribution in [2.45, 2.75) is 31.9 Å². The minimum Gasteiger partial charge on any atom is -0.481 e. The zero-order valence-corrected chi connectivity index (χ0v) is 21.2. The largest absolute Gasteiger partial charge is 0.481 e. The molecule has 204 valence electrons. The molecule has 2 amide bonds. The Hall–Kier alpha value is -4.08. The van der Waals surface area contributed by atoms with Gasteiger partial charge < -0.3 is 14.9 Å². The topological polar surface area (TPSA) is 81.2 Å². The van der Waals surface area contributed by atoms with E-state index in [4.69, 9.17) is 5.11 Å². The molecule has 3 aromatic rings. The summed E-state index contributed by atoms with van der Waals surface area (Å²) >= 11 is 0. The van der Waals surface area contributed by atoms with Crippen LogP contribution in [0, 0.1) is 0 Å². The minimum absolute atomic E-state index is 0.0609. The molecule has 0 atom stereocenters. The summed E-state index contributed by atoms with van der Waals surface area (Å²) < 4.78 is 38.7. The second-order valence-corrected chi connectivity index (χ2v) is 9.85. The van der Waals surface area contributed by atoms with Gasteiger partial charge in [-0.25, -0.2) is 0 Å². The van der Waals surface area contributed by atoms with Crippen molar-refractivity contribution in [3.05, 3.63) is 71.3 Å². The number of piperazine rings is 1. The lowest BCUT2D eigenvalue weighted by molar-refractivity contribution is -0.138. The van der Waals surface area contributed by atoms with E-state index in [0.29, 0.717) is 62.0 Å². The molecule has 0 aromatic heterocycles. The quantitative estimate of drug-likeness (QED) is 0.304. The molecule has 0 unspecified atom stereocenters. The van der Waals surface area contributed by atoms with Crippen LogP contribution in [0.5, 0.6) is 0 Å². The first-order valence-electron chi connectivity index (χ1n) is 13.0. The van der Waals surface area contributed by atoms with E-state index in [1.807, 2.05) is 23.1 Å². The Morgan fingerprint density at radius 3 is 2.08 bits per heavy atom. The molecule has 1 fully saturated rings. The van der Waals surface area contributed by atoms with Crippen LogP contribution in [0.15, 0.2) is 54.6 Å². The standard InChI is InChI=1S/C29H28F3N3O4/c30-29(31,32)19-8-10-20(11-9-19)33-15-17-34(18-16-33)24-13-12-23-26-21(24)5-4-6-22(26)27(38)35(28(23)39)14-3-1-2-7-25(36)37/h4-6,8-13H,1-3,7,14-18H2,(H,36,37). The highest BCUT2D eigenvalue weighted by Gasteiger charge is 2.34. The van der Waals surface area contributed by atoms with Crippen LogP contribution in [0.4, 0.5) is 24.5 Å². The average Bonchev–Trinajstić information content (AvgIpc) is 2.92. The molecular weight excluding hydrogens is 511 g/mol. The number of aliphatic carboxylic acids is 1. The Morgan fingerprint density at radius 2 is 1.44 bits per heavy atom. The van der Waals surface area contributed by atoms with E-state index in [9.17, 15) is 27.6 Å². The van der Waals surface area contributed by atoms with Gasteiger partial charge in [-0.2, -0.15) is 13.2 Å². The van der Waals surface area contributed by atoms with Gasteiger partial charge in [-0.15, -0.1) is 0 Å². The fourth-order valence-electron chi connectivity index (χ4n) is 5.40. The van der Waals surface area contributed by atoms with Crippen molar-refractivity contribution in [1.29, 1.82) is 0 Å². The number of benzene rings is 3. The van der Waals surface area contributed by atoms with Crippen molar-refractivity contribution in [1.82, 2.24) is 4.90 Å². The van der Waals surface area contributed by atoms with Crippen LogP contribution in [0.3, 0.4) is 0 Å². The zero-order valence-electron chi connectivity index (χ0n) is 21.2. The van der Waals surface area contributed by atoms with Gasteiger partial charge in [0.2, 0.25) is 0 Å². The maximum atomic E-state index is 13.3. The highest BCUT2D eigenvalue weighted by molar-refractivity contribution is 6.26. The predicted molar refractivity (Wildman–Crippen MR) is 141 cm³/mol. The van der Waals surface area contributed by atoms with Crippen LogP contribution in [-0.4, -0.2) is 60.5 Å². The van der Waals surface area contributed by atoms with Gasteiger partial charge in [-0.1, -0.05) is 18.6 Å². The number of carboxylic acids is 1. The number of anilines is 2. The fraction of sp³-hybridized carbons (Fsp3) is 0.345. The van der Waals surface area contributed by atoms with Crippen LogP contribution < -0.4 is 9.80 Å². The summed E-state index contributed by atoms with van der Waals surface area (Å²) in [6, 6.07) is 14.3. The van der Waals surface area contributed by atoms with Crippen molar-refractivity contribution < 1.29 is 32.7 Å². The van der Waals surface area contributed by atoms with E-state index in [2.05, 4.69) is 4.90 Å². The van der Waals surface area contributed by atoms with E-state index >= 15 is 0 Å². The number of carbonyl (C=O) groups is 3. The number of carbonyl (C=O) groups excluding carboxylic acids is 2. The number of halogens is 3. The van der Waals surface area contributed by atoms with Gasteiger partial charge in [0.15, 0.2) is 0 Å². The third-order valence-corrected chi connectivity index (χ3v) is 7.42. The van der Waals surface area contributed by atoms with E-state index in [1.165, 1.54) is 17.0 Å². The lowest BCUT2D eigenvalue weighted by Crippen LogP contribution is -2.46. The normalized spacial score (nSPS) is 15.8. The van der Waals surface area contributed by atoms with Crippen LogP contribution in [0.25, 0.3) is 10.8 Å². The molecule has 2 aliphatic rings. The number of unbranched alkanes of at least 4 members (excludes halogenated alkanes) is 2. The van der Waals surface area contributed by atoms with E-state index in [0.717, 1.165) is 28.9 Å². The van der Waals surface area contributed by atoms with Crippen LogP contribution in [-0.2, 0) is 11.0 Å². The summed E-state index contributed by atoms with van der Waals surface area (Å²) in [7, 11) is 0. The summed E-state index contributed by atoms with van der Waals surface area (Å²) in [6.07, 6.45) is -2.67. The number of rotatable bonds is 8. The maximum Gasteiger partial charge on any atom is 0.416 e. The Bertz CT molecular complexity index is 1390. The average molecular weight is 540 g/mol. The summed E-state index contributed by atoms with van der Waals surface area (Å²) in [6.45, 7) is 2.72. The fourth-order valence-corrected chi connectivity index (χ4v) is 5.40. The molecule has 5 rings (SSSR count). The molecule has 2 heterocycles.